The molecular formula is C24H28N2O4. The van der Waals surface area contributed by atoms with E-state index < -0.39 is 0 Å². The van der Waals surface area contributed by atoms with Crippen LogP contribution in [0.3, 0.4) is 0 Å². The van der Waals surface area contributed by atoms with Gasteiger partial charge in [0.1, 0.15) is 5.75 Å². The van der Waals surface area contributed by atoms with Crippen LogP contribution < -0.4 is 4.74 Å². The number of carbonyl (C=O) groups excluding carboxylic acids is 2. The molecule has 6 heteroatoms. The smallest absolute Gasteiger partial charge is 0.254 e. The fraction of sp³-hybridized carbons (Fsp3) is 0.417. The lowest BCUT2D eigenvalue weighted by Gasteiger charge is -2.31. The van der Waals surface area contributed by atoms with Gasteiger partial charge in [-0.1, -0.05) is 30.3 Å². The zero-order valence-corrected chi connectivity index (χ0v) is 17.5. The molecule has 30 heavy (non-hydrogen) atoms. The van der Waals surface area contributed by atoms with Gasteiger partial charge in [-0.2, -0.15) is 0 Å². The van der Waals surface area contributed by atoms with Gasteiger partial charge in [0.25, 0.3) is 5.91 Å². The van der Waals surface area contributed by atoms with Crippen molar-refractivity contribution >= 4 is 11.8 Å². The molecule has 0 N–H and O–H groups in total. The highest BCUT2D eigenvalue weighted by molar-refractivity contribution is 5.96. The summed E-state index contributed by atoms with van der Waals surface area (Å²) < 4.78 is 10.8. The van der Waals surface area contributed by atoms with Gasteiger partial charge in [-0.05, 0) is 36.2 Å². The minimum absolute atomic E-state index is 0.0155. The zero-order chi connectivity index (χ0) is 21.1. The molecule has 0 spiro atoms. The number of hydrogen-bond donors (Lipinski definition) is 0. The van der Waals surface area contributed by atoms with Crippen LogP contribution in [-0.4, -0.2) is 68.1 Å². The number of nitrogens with zero attached hydrogens (tertiary/aromatic N) is 2. The first kappa shape index (κ1) is 20.4. The van der Waals surface area contributed by atoms with Crippen molar-refractivity contribution in [3.05, 3.63) is 65.2 Å². The lowest BCUT2D eigenvalue weighted by molar-refractivity contribution is -0.139. The summed E-state index contributed by atoms with van der Waals surface area (Å²) in [6.07, 6.45) is 0. The third-order valence-electron chi connectivity index (χ3n) is 6.14. The van der Waals surface area contributed by atoms with Gasteiger partial charge in [0, 0.05) is 37.7 Å². The van der Waals surface area contributed by atoms with E-state index in [0.717, 1.165) is 16.9 Å². The lowest BCUT2D eigenvalue weighted by Crippen LogP contribution is -2.45. The minimum atomic E-state index is -0.275. The number of morpholine rings is 1. The van der Waals surface area contributed by atoms with Gasteiger partial charge in [-0.3, -0.25) is 9.59 Å². The third kappa shape index (κ3) is 4.05. The third-order valence-corrected chi connectivity index (χ3v) is 6.14. The Morgan fingerprint density at radius 3 is 2.50 bits per heavy atom. The summed E-state index contributed by atoms with van der Waals surface area (Å²) in [5, 5.41) is 0. The van der Waals surface area contributed by atoms with Crippen LogP contribution in [0.5, 0.6) is 5.75 Å². The predicted octanol–water partition coefficient (Wildman–Crippen LogP) is 2.72. The largest absolute Gasteiger partial charge is 0.497 e. The number of likely N-dealkylation sites (tertiary alicyclic amines) is 1. The van der Waals surface area contributed by atoms with Gasteiger partial charge in [0.05, 0.1) is 26.2 Å². The van der Waals surface area contributed by atoms with E-state index in [2.05, 4.69) is 0 Å². The highest BCUT2D eigenvalue weighted by atomic mass is 16.5. The average molecular weight is 408 g/mol. The molecule has 2 atom stereocenters. The molecule has 2 fully saturated rings. The number of benzene rings is 2. The zero-order valence-electron chi connectivity index (χ0n) is 17.5. The molecule has 0 aliphatic carbocycles. The van der Waals surface area contributed by atoms with Crippen LogP contribution >= 0.6 is 0 Å². The Bertz CT molecular complexity index is 923. The molecule has 2 amide bonds. The minimum Gasteiger partial charge on any atom is -0.497 e. The van der Waals surface area contributed by atoms with Gasteiger partial charge in [-0.25, -0.2) is 0 Å². The first-order valence-corrected chi connectivity index (χ1v) is 10.4. The van der Waals surface area contributed by atoms with E-state index >= 15 is 0 Å². The van der Waals surface area contributed by atoms with Gasteiger partial charge in [0.2, 0.25) is 5.91 Å². The van der Waals surface area contributed by atoms with Crippen molar-refractivity contribution in [2.24, 2.45) is 5.92 Å². The van der Waals surface area contributed by atoms with Crippen LogP contribution in [0.4, 0.5) is 0 Å². The summed E-state index contributed by atoms with van der Waals surface area (Å²) in [6.45, 7) is 5.21. The monoisotopic (exact) mass is 408 g/mol. The molecule has 0 bridgehead atoms. The van der Waals surface area contributed by atoms with Gasteiger partial charge in [-0.15, -0.1) is 0 Å². The van der Waals surface area contributed by atoms with Crippen LogP contribution in [0.25, 0.3) is 0 Å². The summed E-state index contributed by atoms with van der Waals surface area (Å²) in [6, 6.07) is 15.4. The summed E-state index contributed by atoms with van der Waals surface area (Å²) in [4.78, 5) is 30.4. The number of carbonyl (C=O) groups is 2. The molecule has 2 saturated heterocycles. The molecule has 4 rings (SSSR count). The van der Waals surface area contributed by atoms with E-state index in [9.17, 15) is 9.59 Å². The average Bonchev–Trinajstić information content (AvgIpc) is 3.24. The number of aryl methyl sites for hydroxylation is 1. The second kappa shape index (κ2) is 8.88. The van der Waals surface area contributed by atoms with Crippen LogP contribution in [0, 0.1) is 12.8 Å². The predicted molar refractivity (Wildman–Crippen MR) is 114 cm³/mol. The van der Waals surface area contributed by atoms with Crippen LogP contribution in [0.1, 0.15) is 27.4 Å². The molecule has 0 radical (unpaired) electrons. The quantitative estimate of drug-likeness (QED) is 0.781. The van der Waals surface area contributed by atoms with Crippen molar-refractivity contribution < 1.29 is 19.1 Å². The second-order valence-corrected chi connectivity index (χ2v) is 7.95. The van der Waals surface area contributed by atoms with E-state index in [0.29, 0.717) is 45.0 Å². The van der Waals surface area contributed by atoms with Gasteiger partial charge in [0.15, 0.2) is 0 Å². The standard InChI is InChI=1S/C24H28N2O4/c1-17-6-3-4-9-20(17)23(27)26-15-21(18-7-5-8-19(14-18)29-2)22(16-26)24(28)25-10-12-30-13-11-25/h3-9,14,21-22H,10-13,15-16H2,1-2H3. The summed E-state index contributed by atoms with van der Waals surface area (Å²) in [5.74, 6) is 0.504. The first-order chi connectivity index (χ1) is 14.6. The Kier molecular flexibility index (Phi) is 6.04. The molecule has 158 valence electrons. The highest BCUT2D eigenvalue weighted by Crippen LogP contribution is 2.36. The Labute approximate surface area is 177 Å². The first-order valence-electron chi connectivity index (χ1n) is 10.4. The summed E-state index contributed by atoms with van der Waals surface area (Å²) >= 11 is 0. The highest BCUT2D eigenvalue weighted by Gasteiger charge is 2.42. The lowest BCUT2D eigenvalue weighted by atomic mass is 9.87. The van der Waals surface area contributed by atoms with E-state index in [1.54, 1.807) is 7.11 Å². The number of amides is 2. The Hall–Kier alpha value is -2.86. The molecule has 2 aromatic rings. The molecule has 0 aromatic heterocycles. The molecule has 2 aromatic carbocycles. The van der Waals surface area contributed by atoms with E-state index in [-0.39, 0.29) is 23.7 Å². The van der Waals surface area contributed by atoms with Crippen LogP contribution in [0.15, 0.2) is 48.5 Å². The van der Waals surface area contributed by atoms with E-state index in [1.807, 2.05) is 65.3 Å². The van der Waals surface area contributed by atoms with Crippen molar-refractivity contribution in [2.75, 3.05) is 46.5 Å². The van der Waals surface area contributed by atoms with Crippen LogP contribution in [0.2, 0.25) is 0 Å². The maximum Gasteiger partial charge on any atom is 0.254 e. The van der Waals surface area contributed by atoms with E-state index in [4.69, 9.17) is 9.47 Å². The summed E-state index contributed by atoms with van der Waals surface area (Å²) in [7, 11) is 1.64. The maximum absolute atomic E-state index is 13.4. The fourth-order valence-electron chi connectivity index (χ4n) is 4.43. The molecule has 6 nitrogen and oxygen atoms in total. The maximum atomic E-state index is 13.4. The van der Waals surface area contributed by atoms with Crippen molar-refractivity contribution in [3.8, 4) is 5.75 Å². The number of methoxy groups -OCH3 is 1. The molecule has 0 saturated carbocycles. The SMILES string of the molecule is COc1cccc(C2CN(C(=O)c3ccccc3C)CC2C(=O)N2CCOCC2)c1. The van der Waals surface area contributed by atoms with Crippen molar-refractivity contribution in [3.63, 3.8) is 0 Å². The molecule has 2 heterocycles. The van der Waals surface area contributed by atoms with E-state index in [1.165, 1.54) is 0 Å². The topological polar surface area (TPSA) is 59.1 Å². The Morgan fingerprint density at radius 2 is 1.77 bits per heavy atom. The molecule has 2 unspecified atom stereocenters. The Morgan fingerprint density at radius 1 is 1.00 bits per heavy atom. The summed E-state index contributed by atoms with van der Waals surface area (Å²) in [5.41, 5.74) is 2.67. The Balaban J connectivity index is 1.63. The molecule has 2 aliphatic rings. The molecule has 2 aliphatic heterocycles. The normalized spacial score (nSPS) is 21.5. The number of hydrogen-bond acceptors (Lipinski definition) is 4. The van der Waals surface area contributed by atoms with Crippen LogP contribution in [-0.2, 0) is 9.53 Å². The van der Waals surface area contributed by atoms with Crippen molar-refractivity contribution in [2.45, 2.75) is 12.8 Å². The van der Waals surface area contributed by atoms with Gasteiger partial charge < -0.3 is 19.3 Å². The van der Waals surface area contributed by atoms with Crippen molar-refractivity contribution in [1.82, 2.24) is 9.80 Å². The number of rotatable bonds is 4. The second-order valence-electron chi connectivity index (χ2n) is 7.95. The number of ether oxygens (including phenoxy) is 2. The van der Waals surface area contributed by atoms with Gasteiger partial charge >= 0.3 is 0 Å². The van der Waals surface area contributed by atoms with Crippen molar-refractivity contribution in [1.29, 1.82) is 0 Å². The molecular weight excluding hydrogens is 380 g/mol. The fourth-order valence-corrected chi connectivity index (χ4v) is 4.43.